The zero-order valence-electron chi connectivity index (χ0n) is 11.3. The Morgan fingerprint density at radius 1 is 1.20 bits per heavy atom. The van der Waals surface area contributed by atoms with Crippen LogP contribution in [0.3, 0.4) is 0 Å². The van der Waals surface area contributed by atoms with E-state index in [9.17, 15) is 4.79 Å². The average molecular weight is 291 g/mol. The van der Waals surface area contributed by atoms with Crippen molar-refractivity contribution >= 4 is 23.3 Å². The van der Waals surface area contributed by atoms with Gasteiger partial charge < -0.3 is 10.2 Å². The van der Waals surface area contributed by atoms with E-state index in [1.807, 2.05) is 12.1 Å². The van der Waals surface area contributed by atoms with Gasteiger partial charge in [0.25, 0.3) is 5.91 Å². The molecule has 6 heteroatoms. The van der Waals surface area contributed by atoms with Crippen molar-refractivity contribution in [1.82, 2.24) is 15.1 Å². The highest BCUT2D eigenvalue weighted by Crippen LogP contribution is 2.12. The fourth-order valence-electron chi connectivity index (χ4n) is 1.71. The van der Waals surface area contributed by atoms with Crippen LogP contribution in [0.15, 0.2) is 36.4 Å². The minimum absolute atomic E-state index is 0.171. The molecule has 0 saturated carbocycles. The van der Waals surface area contributed by atoms with E-state index < -0.39 is 0 Å². The number of hydrogen-bond donors (Lipinski definition) is 1. The second-order valence-corrected chi connectivity index (χ2v) is 4.78. The quantitative estimate of drug-likeness (QED) is 0.940. The van der Waals surface area contributed by atoms with Crippen LogP contribution in [0, 0.1) is 0 Å². The molecule has 20 heavy (non-hydrogen) atoms. The number of carbonyl (C=O) groups is 1. The fraction of sp³-hybridized carbons (Fsp3) is 0.214. The monoisotopic (exact) mass is 290 g/mol. The molecule has 2 aromatic rings. The van der Waals surface area contributed by atoms with Gasteiger partial charge in [-0.15, -0.1) is 10.2 Å². The van der Waals surface area contributed by atoms with Crippen LogP contribution in [-0.4, -0.2) is 35.1 Å². The van der Waals surface area contributed by atoms with Crippen LogP contribution in [0.1, 0.15) is 16.1 Å². The summed E-state index contributed by atoms with van der Waals surface area (Å²) < 4.78 is 0. The van der Waals surface area contributed by atoms with Crippen molar-refractivity contribution in [2.24, 2.45) is 0 Å². The predicted octanol–water partition coefficient (Wildman–Crippen LogP) is 2.44. The van der Waals surface area contributed by atoms with Crippen LogP contribution in [-0.2, 0) is 6.54 Å². The molecule has 1 heterocycles. The summed E-state index contributed by atoms with van der Waals surface area (Å²) in [6.45, 7) is 0.492. The number of aromatic nitrogens is 2. The second-order valence-electron chi connectivity index (χ2n) is 4.34. The van der Waals surface area contributed by atoms with E-state index in [4.69, 9.17) is 11.6 Å². The molecule has 1 N–H and O–H groups in total. The molecule has 1 aromatic heterocycles. The van der Waals surface area contributed by atoms with E-state index in [2.05, 4.69) is 15.5 Å². The van der Waals surface area contributed by atoms with Crippen molar-refractivity contribution in [2.75, 3.05) is 19.4 Å². The van der Waals surface area contributed by atoms with Gasteiger partial charge in [-0.05, 0) is 29.8 Å². The van der Waals surface area contributed by atoms with E-state index in [1.165, 1.54) is 0 Å². The topological polar surface area (TPSA) is 58.1 Å². The largest absolute Gasteiger partial charge is 0.372 e. The maximum absolute atomic E-state index is 12.2. The summed E-state index contributed by atoms with van der Waals surface area (Å²) in [6.07, 6.45) is 0. The number of carbonyl (C=O) groups excluding carboxylic acids is 1. The third-order valence-electron chi connectivity index (χ3n) is 2.82. The molecule has 0 aliphatic heterocycles. The zero-order valence-corrected chi connectivity index (χ0v) is 12.1. The molecule has 104 valence electrons. The van der Waals surface area contributed by atoms with Gasteiger partial charge in [-0.2, -0.15) is 0 Å². The van der Waals surface area contributed by atoms with Gasteiger partial charge in [0.1, 0.15) is 5.82 Å². The van der Waals surface area contributed by atoms with Gasteiger partial charge in [-0.1, -0.05) is 23.7 Å². The van der Waals surface area contributed by atoms with Crippen molar-refractivity contribution in [3.05, 3.63) is 52.7 Å². The minimum Gasteiger partial charge on any atom is -0.372 e. The zero-order chi connectivity index (χ0) is 14.5. The number of rotatable bonds is 4. The Bertz CT molecular complexity index is 583. The summed E-state index contributed by atoms with van der Waals surface area (Å²) in [7, 11) is 3.47. The summed E-state index contributed by atoms with van der Waals surface area (Å²) in [5.74, 6) is 0.456. The Hall–Kier alpha value is -2.14. The third-order valence-corrected chi connectivity index (χ3v) is 3.07. The molecule has 5 nitrogen and oxygen atoms in total. The Morgan fingerprint density at radius 3 is 2.45 bits per heavy atom. The summed E-state index contributed by atoms with van der Waals surface area (Å²) in [5, 5.41) is 11.3. The molecule has 0 fully saturated rings. The van der Waals surface area contributed by atoms with Gasteiger partial charge in [-0.25, -0.2) is 0 Å². The standard InChI is InChI=1S/C14H15ClN4O/c1-16-13-8-7-12(17-18-13)14(20)19(2)9-10-3-5-11(15)6-4-10/h3-8H,9H2,1-2H3,(H,16,18). The van der Waals surface area contributed by atoms with Gasteiger partial charge in [-0.3, -0.25) is 4.79 Å². The minimum atomic E-state index is -0.171. The molecule has 0 unspecified atom stereocenters. The normalized spacial score (nSPS) is 10.2. The molecule has 1 aromatic carbocycles. The molecule has 0 bridgehead atoms. The van der Waals surface area contributed by atoms with Gasteiger partial charge in [0.2, 0.25) is 0 Å². The Morgan fingerprint density at radius 2 is 1.90 bits per heavy atom. The Kier molecular flexibility index (Phi) is 4.53. The number of amides is 1. The van der Waals surface area contributed by atoms with E-state index in [-0.39, 0.29) is 5.91 Å². The van der Waals surface area contributed by atoms with Gasteiger partial charge in [0.15, 0.2) is 5.69 Å². The average Bonchev–Trinajstić information content (AvgIpc) is 2.49. The van der Waals surface area contributed by atoms with E-state index in [0.717, 1.165) is 5.56 Å². The van der Waals surface area contributed by atoms with Crippen LogP contribution in [0.25, 0.3) is 0 Å². The Balaban J connectivity index is 2.05. The van der Waals surface area contributed by atoms with Crippen LogP contribution in [0.5, 0.6) is 0 Å². The van der Waals surface area contributed by atoms with E-state index in [1.54, 1.807) is 43.3 Å². The lowest BCUT2D eigenvalue weighted by Gasteiger charge is -2.16. The first kappa shape index (κ1) is 14.3. The van der Waals surface area contributed by atoms with Crippen LogP contribution in [0.2, 0.25) is 5.02 Å². The van der Waals surface area contributed by atoms with Gasteiger partial charge in [0.05, 0.1) is 0 Å². The second kappa shape index (κ2) is 6.34. The van der Waals surface area contributed by atoms with Gasteiger partial charge >= 0.3 is 0 Å². The molecule has 0 aliphatic carbocycles. The lowest BCUT2D eigenvalue weighted by molar-refractivity contribution is 0.0778. The number of benzene rings is 1. The number of hydrogen-bond acceptors (Lipinski definition) is 4. The van der Waals surface area contributed by atoms with E-state index in [0.29, 0.717) is 23.1 Å². The predicted molar refractivity (Wildman–Crippen MR) is 78.8 cm³/mol. The van der Waals surface area contributed by atoms with E-state index >= 15 is 0 Å². The first-order valence-electron chi connectivity index (χ1n) is 6.11. The molecule has 0 atom stereocenters. The number of anilines is 1. The smallest absolute Gasteiger partial charge is 0.274 e. The van der Waals surface area contributed by atoms with Crippen molar-refractivity contribution in [1.29, 1.82) is 0 Å². The highest BCUT2D eigenvalue weighted by atomic mass is 35.5. The van der Waals surface area contributed by atoms with Crippen LogP contribution in [0.4, 0.5) is 5.82 Å². The fourth-order valence-corrected chi connectivity index (χ4v) is 1.84. The molecule has 1 amide bonds. The lowest BCUT2D eigenvalue weighted by atomic mass is 10.2. The highest BCUT2D eigenvalue weighted by molar-refractivity contribution is 6.30. The van der Waals surface area contributed by atoms with Crippen molar-refractivity contribution in [3.63, 3.8) is 0 Å². The first-order valence-corrected chi connectivity index (χ1v) is 6.49. The summed E-state index contributed by atoms with van der Waals surface area (Å²) in [6, 6.07) is 10.8. The molecule has 0 spiro atoms. The Labute approximate surface area is 122 Å². The summed E-state index contributed by atoms with van der Waals surface area (Å²) in [4.78, 5) is 13.8. The number of halogens is 1. The van der Waals surface area contributed by atoms with Crippen molar-refractivity contribution < 1.29 is 4.79 Å². The third kappa shape index (κ3) is 3.45. The SMILES string of the molecule is CNc1ccc(C(=O)N(C)Cc2ccc(Cl)cc2)nn1. The molecule has 0 aliphatic rings. The van der Waals surface area contributed by atoms with Crippen LogP contribution < -0.4 is 5.32 Å². The first-order chi connectivity index (χ1) is 9.60. The molecular weight excluding hydrogens is 276 g/mol. The lowest BCUT2D eigenvalue weighted by Crippen LogP contribution is -2.27. The summed E-state index contributed by atoms with van der Waals surface area (Å²) >= 11 is 5.83. The summed E-state index contributed by atoms with van der Waals surface area (Å²) in [5.41, 5.74) is 1.32. The molecular formula is C14H15ClN4O. The molecule has 0 radical (unpaired) electrons. The number of nitrogens with one attached hydrogen (secondary N) is 1. The molecule has 2 rings (SSSR count). The van der Waals surface area contributed by atoms with Gasteiger partial charge in [0, 0.05) is 25.7 Å². The highest BCUT2D eigenvalue weighted by Gasteiger charge is 2.14. The van der Waals surface area contributed by atoms with Crippen LogP contribution >= 0.6 is 11.6 Å². The maximum atomic E-state index is 12.2. The molecule has 0 saturated heterocycles. The number of nitrogens with zero attached hydrogens (tertiary/aromatic N) is 3. The van der Waals surface area contributed by atoms with Crippen molar-refractivity contribution in [3.8, 4) is 0 Å². The maximum Gasteiger partial charge on any atom is 0.274 e. The van der Waals surface area contributed by atoms with Crippen molar-refractivity contribution in [2.45, 2.75) is 6.54 Å².